The molecule has 0 saturated heterocycles. The quantitative estimate of drug-likeness (QED) is 0.841. The minimum absolute atomic E-state index is 0.0299. The Balaban J connectivity index is 2.73. The minimum atomic E-state index is -0.545. The predicted octanol–water partition coefficient (Wildman–Crippen LogP) is 3.72. The molecule has 2 atom stereocenters. The molecule has 2 unspecified atom stereocenters. The SMILES string of the molecule is CC(Cl)CC(C)NC(=O)c1cccc(Br)c1F. The van der Waals surface area contributed by atoms with Crippen molar-refractivity contribution in [1.82, 2.24) is 5.32 Å². The van der Waals surface area contributed by atoms with E-state index in [2.05, 4.69) is 21.2 Å². The minimum Gasteiger partial charge on any atom is -0.349 e. The number of halogens is 3. The van der Waals surface area contributed by atoms with Crippen molar-refractivity contribution in [2.75, 3.05) is 0 Å². The highest BCUT2D eigenvalue weighted by Crippen LogP contribution is 2.18. The van der Waals surface area contributed by atoms with Gasteiger partial charge in [0.2, 0.25) is 0 Å². The number of rotatable bonds is 4. The lowest BCUT2D eigenvalue weighted by molar-refractivity contribution is 0.0934. The molecule has 1 N–H and O–H groups in total. The molecule has 2 nitrogen and oxygen atoms in total. The molecule has 0 fully saturated rings. The molecule has 17 heavy (non-hydrogen) atoms. The van der Waals surface area contributed by atoms with E-state index in [1.165, 1.54) is 6.07 Å². The summed E-state index contributed by atoms with van der Waals surface area (Å²) in [5.41, 5.74) is 0.0356. The van der Waals surface area contributed by atoms with Gasteiger partial charge >= 0.3 is 0 Å². The molecule has 1 rings (SSSR count). The molecule has 1 aromatic carbocycles. The summed E-state index contributed by atoms with van der Waals surface area (Å²) in [6, 6.07) is 4.54. The van der Waals surface area contributed by atoms with Crippen molar-refractivity contribution >= 4 is 33.4 Å². The largest absolute Gasteiger partial charge is 0.349 e. The van der Waals surface area contributed by atoms with Gasteiger partial charge in [-0.3, -0.25) is 4.79 Å². The van der Waals surface area contributed by atoms with Crippen LogP contribution in [0.25, 0.3) is 0 Å². The van der Waals surface area contributed by atoms with Gasteiger partial charge < -0.3 is 5.32 Å². The molecule has 0 aliphatic carbocycles. The predicted molar refractivity (Wildman–Crippen MR) is 71.0 cm³/mol. The van der Waals surface area contributed by atoms with Gasteiger partial charge in [-0.25, -0.2) is 4.39 Å². The first-order chi connectivity index (χ1) is 7.91. The van der Waals surface area contributed by atoms with Gasteiger partial charge in [0.25, 0.3) is 5.91 Å². The van der Waals surface area contributed by atoms with Gasteiger partial charge in [-0.2, -0.15) is 0 Å². The van der Waals surface area contributed by atoms with Crippen LogP contribution in [0.3, 0.4) is 0 Å². The van der Waals surface area contributed by atoms with Crippen molar-refractivity contribution in [3.63, 3.8) is 0 Å². The Labute approximate surface area is 114 Å². The van der Waals surface area contributed by atoms with Gasteiger partial charge in [-0.15, -0.1) is 11.6 Å². The summed E-state index contributed by atoms with van der Waals surface area (Å²) in [5.74, 6) is -0.968. The van der Waals surface area contributed by atoms with E-state index in [-0.39, 0.29) is 21.5 Å². The zero-order chi connectivity index (χ0) is 13.0. The standard InChI is InChI=1S/C12H14BrClFNO/c1-7(14)6-8(2)16-12(17)9-4-3-5-10(13)11(9)15/h3-5,7-8H,6H2,1-2H3,(H,16,17). The maximum absolute atomic E-state index is 13.6. The Morgan fingerprint density at radius 1 is 1.53 bits per heavy atom. The molecule has 5 heteroatoms. The molecular weight excluding hydrogens is 308 g/mol. The Hall–Kier alpha value is -0.610. The number of nitrogens with one attached hydrogen (secondary N) is 1. The van der Waals surface area contributed by atoms with E-state index in [0.29, 0.717) is 6.42 Å². The van der Waals surface area contributed by atoms with Crippen LogP contribution in [0.5, 0.6) is 0 Å². The zero-order valence-corrected chi connectivity index (χ0v) is 12.0. The molecule has 1 amide bonds. The fourth-order valence-electron chi connectivity index (χ4n) is 1.53. The average Bonchev–Trinajstić information content (AvgIpc) is 2.20. The fourth-order valence-corrected chi connectivity index (χ4v) is 2.16. The Morgan fingerprint density at radius 3 is 2.76 bits per heavy atom. The van der Waals surface area contributed by atoms with Gasteiger partial charge in [0.1, 0.15) is 5.82 Å². The lowest BCUT2D eigenvalue weighted by Gasteiger charge is -2.15. The highest BCUT2D eigenvalue weighted by Gasteiger charge is 2.16. The number of carbonyl (C=O) groups excluding carboxylic acids is 1. The summed E-state index contributed by atoms with van der Waals surface area (Å²) in [4.78, 5) is 11.8. The highest BCUT2D eigenvalue weighted by molar-refractivity contribution is 9.10. The number of alkyl halides is 1. The molecule has 0 heterocycles. The third-order valence-electron chi connectivity index (χ3n) is 2.25. The number of benzene rings is 1. The zero-order valence-electron chi connectivity index (χ0n) is 9.64. The molecule has 0 aliphatic rings. The molecular formula is C12H14BrClFNO. The van der Waals surface area contributed by atoms with E-state index in [0.717, 1.165) is 0 Å². The van der Waals surface area contributed by atoms with Crippen LogP contribution in [0.1, 0.15) is 30.6 Å². The van der Waals surface area contributed by atoms with Crippen LogP contribution in [0.2, 0.25) is 0 Å². The number of hydrogen-bond acceptors (Lipinski definition) is 1. The normalized spacial score (nSPS) is 14.2. The van der Waals surface area contributed by atoms with Crippen LogP contribution in [0.15, 0.2) is 22.7 Å². The van der Waals surface area contributed by atoms with Crippen molar-refractivity contribution in [2.45, 2.75) is 31.7 Å². The third-order valence-corrected chi connectivity index (χ3v) is 3.04. The topological polar surface area (TPSA) is 29.1 Å². The molecule has 1 aromatic rings. The monoisotopic (exact) mass is 321 g/mol. The maximum Gasteiger partial charge on any atom is 0.254 e. The van der Waals surface area contributed by atoms with Crippen LogP contribution < -0.4 is 5.32 Å². The Kier molecular flexibility index (Phi) is 5.40. The van der Waals surface area contributed by atoms with Crippen LogP contribution in [0.4, 0.5) is 4.39 Å². The average molecular weight is 323 g/mol. The number of amides is 1. The van der Waals surface area contributed by atoms with E-state index >= 15 is 0 Å². The Morgan fingerprint density at radius 2 is 2.18 bits per heavy atom. The number of carbonyl (C=O) groups is 1. The van der Waals surface area contributed by atoms with Gasteiger partial charge in [0.05, 0.1) is 10.0 Å². The summed E-state index contributed by atoms with van der Waals surface area (Å²) in [5, 5.41) is 2.68. The van der Waals surface area contributed by atoms with Crippen LogP contribution in [0, 0.1) is 5.82 Å². The highest BCUT2D eigenvalue weighted by atomic mass is 79.9. The molecule has 0 aliphatic heterocycles. The molecule has 94 valence electrons. The smallest absolute Gasteiger partial charge is 0.254 e. The summed E-state index contributed by atoms with van der Waals surface area (Å²) >= 11 is 8.87. The first-order valence-electron chi connectivity index (χ1n) is 5.30. The van der Waals surface area contributed by atoms with E-state index in [1.807, 2.05) is 13.8 Å². The first-order valence-corrected chi connectivity index (χ1v) is 6.53. The van der Waals surface area contributed by atoms with Gasteiger partial charge in [0.15, 0.2) is 0 Å². The van der Waals surface area contributed by atoms with Crippen LogP contribution in [-0.2, 0) is 0 Å². The van der Waals surface area contributed by atoms with Crippen molar-refractivity contribution in [2.24, 2.45) is 0 Å². The van der Waals surface area contributed by atoms with E-state index in [1.54, 1.807) is 12.1 Å². The van der Waals surface area contributed by atoms with Crippen molar-refractivity contribution in [3.8, 4) is 0 Å². The fraction of sp³-hybridized carbons (Fsp3) is 0.417. The van der Waals surface area contributed by atoms with Crippen molar-refractivity contribution < 1.29 is 9.18 Å². The van der Waals surface area contributed by atoms with Gasteiger partial charge in [0, 0.05) is 11.4 Å². The second-order valence-corrected chi connectivity index (χ2v) is 5.59. The van der Waals surface area contributed by atoms with Gasteiger partial charge in [-0.05, 0) is 48.3 Å². The Bertz CT molecular complexity index is 411. The third kappa shape index (κ3) is 4.28. The second-order valence-electron chi connectivity index (χ2n) is 3.99. The molecule has 0 saturated carbocycles. The van der Waals surface area contributed by atoms with Gasteiger partial charge in [-0.1, -0.05) is 6.07 Å². The first kappa shape index (κ1) is 14.5. The summed E-state index contributed by atoms with van der Waals surface area (Å²) in [6.45, 7) is 3.69. The number of hydrogen-bond donors (Lipinski definition) is 1. The lowest BCUT2D eigenvalue weighted by atomic mass is 10.1. The molecule has 0 radical (unpaired) electrons. The summed E-state index contributed by atoms with van der Waals surface area (Å²) in [7, 11) is 0. The second kappa shape index (κ2) is 6.36. The van der Waals surface area contributed by atoms with E-state index in [4.69, 9.17) is 11.6 Å². The molecule has 0 spiro atoms. The lowest BCUT2D eigenvalue weighted by Crippen LogP contribution is -2.34. The van der Waals surface area contributed by atoms with E-state index in [9.17, 15) is 9.18 Å². The van der Waals surface area contributed by atoms with Crippen LogP contribution in [-0.4, -0.2) is 17.3 Å². The maximum atomic E-state index is 13.6. The molecule has 0 bridgehead atoms. The summed E-state index contributed by atoms with van der Waals surface area (Å²) < 4.78 is 13.9. The van der Waals surface area contributed by atoms with Crippen LogP contribution >= 0.6 is 27.5 Å². The van der Waals surface area contributed by atoms with E-state index < -0.39 is 11.7 Å². The molecule has 0 aromatic heterocycles. The van der Waals surface area contributed by atoms with Crippen molar-refractivity contribution in [3.05, 3.63) is 34.1 Å². The van der Waals surface area contributed by atoms with Crippen molar-refractivity contribution in [1.29, 1.82) is 0 Å². The summed E-state index contributed by atoms with van der Waals surface area (Å²) in [6.07, 6.45) is 0.642.